The van der Waals surface area contributed by atoms with E-state index in [9.17, 15) is 0 Å². The topological polar surface area (TPSA) is 12.0 Å². The summed E-state index contributed by atoms with van der Waals surface area (Å²) in [4.78, 5) is 2.85. The number of halogens is 1. The summed E-state index contributed by atoms with van der Waals surface area (Å²) in [6, 6.07) is 2.22. The van der Waals surface area contributed by atoms with Crippen LogP contribution in [-0.2, 0) is 5.41 Å². The van der Waals surface area contributed by atoms with Crippen molar-refractivity contribution in [2.24, 2.45) is 0 Å². The number of thiophene rings is 1. The van der Waals surface area contributed by atoms with Gasteiger partial charge >= 0.3 is 0 Å². The molecule has 0 aliphatic rings. The van der Waals surface area contributed by atoms with Crippen molar-refractivity contribution in [3.8, 4) is 0 Å². The van der Waals surface area contributed by atoms with Crippen LogP contribution in [0.5, 0.6) is 0 Å². The van der Waals surface area contributed by atoms with Crippen LogP contribution in [0.2, 0.25) is 0 Å². The lowest BCUT2D eigenvalue weighted by Crippen LogP contribution is -2.24. The van der Waals surface area contributed by atoms with Crippen LogP contribution in [0.15, 0.2) is 10.5 Å². The number of nitrogens with one attached hydrogen (secondary N) is 1. The van der Waals surface area contributed by atoms with E-state index in [2.05, 4.69) is 55.0 Å². The van der Waals surface area contributed by atoms with Gasteiger partial charge in [0.05, 0.1) is 0 Å². The van der Waals surface area contributed by atoms with Gasteiger partial charge < -0.3 is 5.32 Å². The summed E-state index contributed by atoms with van der Waals surface area (Å²) in [6.45, 7) is 11.1. The molecule has 1 heterocycles. The second-order valence-corrected chi connectivity index (χ2v) is 6.63. The van der Waals surface area contributed by atoms with Crippen LogP contribution in [0.4, 0.5) is 0 Å². The Morgan fingerprint density at radius 3 is 2.60 bits per heavy atom. The van der Waals surface area contributed by atoms with E-state index in [-0.39, 0.29) is 5.41 Å². The summed E-state index contributed by atoms with van der Waals surface area (Å²) in [6.07, 6.45) is 1.18. The second kappa shape index (κ2) is 5.46. The highest BCUT2D eigenvalue weighted by molar-refractivity contribution is 9.10. The third-order valence-corrected chi connectivity index (χ3v) is 4.91. The Kier molecular flexibility index (Phi) is 4.81. The first kappa shape index (κ1) is 13.2. The van der Waals surface area contributed by atoms with Crippen LogP contribution < -0.4 is 5.32 Å². The van der Waals surface area contributed by atoms with Gasteiger partial charge in [-0.2, -0.15) is 0 Å². The Morgan fingerprint density at radius 2 is 2.13 bits per heavy atom. The number of rotatable bonds is 5. The zero-order valence-electron chi connectivity index (χ0n) is 9.98. The Bertz CT molecular complexity index is 317. The van der Waals surface area contributed by atoms with Gasteiger partial charge in [0.25, 0.3) is 0 Å². The van der Waals surface area contributed by atoms with Crippen LogP contribution in [0, 0.1) is 6.92 Å². The van der Waals surface area contributed by atoms with Crippen LogP contribution in [-0.4, -0.2) is 13.1 Å². The van der Waals surface area contributed by atoms with Crippen molar-refractivity contribution in [2.75, 3.05) is 13.1 Å². The predicted molar refractivity (Wildman–Crippen MR) is 72.9 cm³/mol. The smallest absolute Gasteiger partial charge is 0.0322 e. The molecule has 86 valence electrons. The van der Waals surface area contributed by atoms with Crippen LogP contribution in [0.1, 0.15) is 36.9 Å². The molecule has 0 radical (unpaired) electrons. The van der Waals surface area contributed by atoms with Gasteiger partial charge in [-0.25, -0.2) is 0 Å². The molecule has 1 rings (SSSR count). The molecule has 0 fully saturated rings. The van der Waals surface area contributed by atoms with Crippen molar-refractivity contribution in [3.63, 3.8) is 0 Å². The molecule has 0 unspecified atom stereocenters. The fourth-order valence-corrected chi connectivity index (χ4v) is 3.94. The van der Waals surface area contributed by atoms with Crippen molar-refractivity contribution >= 4 is 27.3 Å². The molecule has 0 saturated carbocycles. The Balaban J connectivity index is 2.71. The van der Waals surface area contributed by atoms with E-state index in [4.69, 9.17) is 0 Å². The van der Waals surface area contributed by atoms with Crippen molar-refractivity contribution in [1.29, 1.82) is 0 Å². The SMILES string of the molecule is CCNCCC(C)(C)c1sc(C)cc1Br. The third-order valence-electron chi connectivity index (χ3n) is 2.60. The Morgan fingerprint density at radius 1 is 1.47 bits per heavy atom. The van der Waals surface area contributed by atoms with E-state index in [1.807, 2.05) is 11.3 Å². The molecular formula is C12H20BrNS. The molecule has 1 aromatic rings. The minimum atomic E-state index is 0.264. The number of aryl methyl sites for hydroxylation is 1. The summed E-state index contributed by atoms with van der Waals surface area (Å²) < 4.78 is 1.27. The highest BCUT2D eigenvalue weighted by atomic mass is 79.9. The fraction of sp³-hybridized carbons (Fsp3) is 0.667. The van der Waals surface area contributed by atoms with Gasteiger partial charge in [-0.05, 0) is 48.4 Å². The normalized spacial score (nSPS) is 12.1. The maximum absolute atomic E-state index is 3.65. The van der Waals surface area contributed by atoms with E-state index in [1.54, 1.807) is 0 Å². The molecule has 0 atom stereocenters. The van der Waals surface area contributed by atoms with Gasteiger partial charge in [0.1, 0.15) is 0 Å². The quantitative estimate of drug-likeness (QED) is 0.805. The van der Waals surface area contributed by atoms with E-state index >= 15 is 0 Å². The minimum absolute atomic E-state index is 0.264. The second-order valence-electron chi connectivity index (χ2n) is 4.52. The molecule has 1 nitrogen and oxygen atoms in total. The van der Waals surface area contributed by atoms with Crippen molar-refractivity contribution in [3.05, 3.63) is 20.3 Å². The lowest BCUT2D eigenvalue weighted by molar-refractivity contribution is 0.467. The van der Waals surface area contributed by atoms with E-state index in [0.29, 0.717) is 0 Å². The van der Waals surface area contributed by atoms with Gasteiger partial charge in [0.2, 0.25) is 0 Å². The molecule has 0 spiro atoms. The maximum Gasteiger partial charge on any atom is 0.0322 e. The first-order chi connectivity index (χ1) is 6.97. The molecule has 0 amide bonds. The predicted octanol–water partition coefficient (Wildman–Crippen LogP) is 4.10. The van der Waals surface area contributed by atoms with Gasteiger partial charge in [0.15, 0.2) is 0 Å². The van der Waals surface area contributed by atoms with Gasteiger partial charge in [-0.1, -0.05) is 20.8 Å². The first-order valence-electron chi connectivity index (χ1n) is 5.44. The monoisotopic (exact) mass is 289 g/mol. The maximum atomic E-state index is 3.65. The van der Waals surface area contributed by atoms with Gasteiger partial charge in [0, 0.05) is 19.6 Å². The molecule has 1 aromatic heterocycles. The molecule has 0 saturated heterocycles. The Labute approximate surface area is 105 Å². The average Bonchev–Trinajstić information content (AvgIpc) is 2.46. The lowest BCUT2D eigenvalue weighted by atomic mass is 9.87. The van der Waals surface area contributed by atoms with Crippen molar-refractivity contribution in [1.82, 2.24) is 5.32 Å². The summed E-state index contributed by atoms with van der Waals surface area (Å²) in [5.41, 5.74) is 0.264. The average molecular weight is 290 g/mol. The highest BCUT2D eigenvalue weighted by Crippen LogP contribution is 2.38. The molecule has 0 aromatic carbocycles. The van der Waals surface area contributed by atoms with Crippen molar-refractivity contribution < 1.29 is 0 Å². The molecule has 15 heavy (non-hydrogen) atoms. The van der Waals surface area contributed by atoms with Crippen LogP contribution in [0.3, 0.4) is 0 Å². The molecule has 0 bridgehead atoms. The Hall–Kier alpha value is 0.140. The van der Waals surface area contributed by atoms with E-state index in [1.165, 1.54) is 20.6 Å². The number of hydrogen-bond donors (Lipinski definition) is 1. The van der Waals surface area contributed by atoms with Crippen LogP contribution in [0.25, 0.3) is 0 Å². The first-order valence-corrected chi connectivity index (χ1v) is 7.05. The summed E-state index contributed by atoms with van der Waals surface area (Å²) >= 11 is 5.56. The summed E-state index contributed by atoms with van der Waals surface area (Å²) in [5.74, 6) is 0. The molecular weight excluding hydrogens is 270 g/mol. The van der Waals surface area contributed by atoms with E-state index < -0.39 is 0 Å². The lowest BCUT2D eigenvalue weighted by Gasteiger charge is -2.24. The van der Waals surface area contributed by atoms with E-state index in [0.717, 1.165) is 13.1 Å². The zero-order valence-corrected chi connectivity index (χ0v) is 12.4. The highest BCUT2D eigenvalue weighted by Gasteiger charge is 2.24. The molecule has 1 N–H and O–H groups in total. The number of hydrogen-bond acceptors (Lipinski definition) is 2. The molecule has 0 aliphatic carbocycles. The summed E-state index contributed by atoms with van der Waals surface area (Å²) in [5, 5.41) is 3.39. The molecule has 3 heteroatoms. The fourth-order valence-electron chi connectivity index (χ4n) is 1.64. The zero-order chi connectivity index (χ0) is 11.5. The van der Waals surface area contributed by atoms with Crippen LogP contribution >= 0.6 is 27.3 Å². The minimum Gasteiger partial charge on any atom is -0.317 e. The standard InChI is InChI=1S/C12H20BrNS/c1-5-14-7-6-12(3,4)11-10(13)8-9(2)15-11/h8,14H,5-7H2,1-4H3. The van der Waals surface area contributed by atoms with Gasteiger partial charge in [-0.15, -0.1) is 11.3 Å². The largest absolute Gasteiger partial charge is 0.317 e. The summed E-state index contributed by atoms with van der Waals surface area (Å²) in [7, 11) is 0. The molecule has 0 aliphatic heterocycles. The van der Waals surface area contributed by atoms with Gasteiger partial charge in [-0.3, -0.25) is 0 Å². The third kappa shape index (κ3) is 3.58. The van der Waals surface area contributed by atoms with Crippen molar-refractivity contribution in [2.45, 2.75) is 39.5 Å².